The van der Waals surface area contributed by atoms with Gasteiger partial charge < -0.3 is 20.9 Å². The summed E-state index contributed by atoms with van der Waals surface area (Å²) in [6.07, 6.45) is 4.64. The summed E-state index contributed by atoms with van der Waals surface area (Å²) in [6, 6.07) is 0.230. The number of hydrogen-bond acceptors (Lipinski definition) is 3. The zero-order valence-electron chi connectivity index (χ0n) is 14.6. The molecule has 6 heteroatoms. The number of nitrogens with zero attached hydrogens (tertiary/aromatic N) is 2. The lowest BCUT2D eigenvalue weighted by molar-refractivity contribution is -0.133. The minimum atomic E-state index is 0.0110. The number of piperidine rings is 1. The maximum absolute atomic E-state index is 12.5. The number of carbonyl (C=O) groups excluding carboxylic acids is 2. The molecule has 0 aliphatic carbocycles. The van der Waals surface area contributed by atoms with E-state index in [0.717, 1.165) is 38.8 Å². The van der Waals surface area contributed by atoms with E-state index in [1.54, 1.807) is 0 Å². The van der Waals surface area contributed by atoms with E-state index in [9.17, 15) is 9.59 Å². The molecule has 6 nitrogen and oxygen atoms in total. The number of nitrogens with two attached hydrogens (primary N) is 1. The van der Waals surface area contributed by atoms with Crippen LogP contribution in [0.5, 0.6) is 0 Å². The van der Waals surface area contributed by atoms with Crippen molar-refractivity contribution in [1.29, 1.82) is 0 Å². The number of nitrogens with one attached hydrogen (secondary N) is 1. The lowest BCUT2D eigenvalue weighted by Crippen LogP contribution is -2.47. The maximum atomic E-state index is 12.5. The fourth-order valence-electron chi connectivity index (χ4n) is 3.59. The van der Waals surface area contributed by atoms with Crippen LogP contribution >= 0.6 is 0 Å². The highest BCUT2D eigenvalue weighted by Crippen LogP contribution is 2.24. The van der Waals surface area contributed by atoms with E-state index >= 15 is 0 Å². The van der Waals surface area contributed by atoms with Gasteiger partial charge in [-0.1, -0.05) is 13.8 Å². The zero-order valence-corrected chi connectivity index (χ0v) is 14.6. The molecule has 2 unspecified atom stereocenters. The first-order chi connectivity index (χ1) is 11.0. The predicted molar refractivity (Wildman–Crippen MR) is 90.9 cm³/mol. The Morgan fingerprint density at radius 2 is 1.96 bits per heavy atom. The van der Waals surface area contributed by atoms with Crippen LogP contribution in [0, 0.1) is 11.8 Å². The molecule has 0 aromatic heterocycles. The number of rotatable bonds is 5. The minimum Gasteiger partial charge on any atom is -0.338 e. The fraction of sp³-hybridized carbons (Fsp3) is 0.882. The molecule has 2 atom stereocenters. The van der Waals surface area contributed by atoms with Gasteiger partial charge in [0.05, 0.1) is 0 Å². The Hall–Kier alpha value is -1.30. The maximum Gasteiger partial charge on any atom is 0.317 e. The monoisotopic (exact) mass is 324 g/mol. The highest BCUT2D eigenvalue weighted by atomic mass is 16.2. The van der Waals surface area contributed by atoms with Gasteiger partial charge in [0, 0.05) is 45.2 Å². The first-order valence-electron chi connectivity index (χ1n) is 9.03. The van der Waals surface area contributed by atoms with Gasteiger partial charge in [0.1, 0.15) is 0 Å². The van der Waals surface area contributed by atoms with Crippen molar-refractivity contribution in [3.63, 3.8) is 0 Å². The summed E-state index contributed by atoms with van der Waals surface area (Å²) in [5, 5.41) is 2.97. The Labute approximate surface area is 139 Å². The van der Waals surface area contributed by atoms with Crippen LogP contribution in [0.1, 0.15) is 46.0 Å². The average molecular weight is 324 g/mol. The van der Waals surface area contributed by atoms with Gasteiger partial charge in [-0.25, -0.2) is 4.79 Å². The number of likely N-dealkylation sites (tertiary alicyclic amines) is 2. The van der Waals surface area contributed by atoms with Gasteiger partial charge in [-0.2, -0.15) is 0 Å². The zero-order chi connectivity index (χ0) is 16.8. The number of carbonyl (C=O) groups is 2. The third kappa shape index (κ3) is 5.09. The van der Waals surface area contributed by atoms with Gasteiger partial charge in [-0.15, -0.1) is 0 Å². The van der Waals surface area contributed by atoms with Gasteiger partial charge in [0.2, 0.25) is 5.91 Å². The molecule has 2 aliphatic rings. The molecule has 0 spiro atoms. The van der Waals surface area contributed by atoms with Gasteiger partial charge in [-0.05, 0) is 37.5 Å². The molecule has 132 valence electrons. The topological polar surface area (TPSA) is 78.7 Å². The Balaban J connectivity index is 1.81. The second kappa shape index (κ2) is 8.52. The molecule has 2 fully saturated rings. The van der Waals surface area contributed by atoms with E-state index in [2.05, 4.69) is 19.2 Å². The Morgan fingerprint density at radius 3 is 2.65 bits per heavy atom. The Morgan fingerprint density at radius 1 is 1.22 bits per heavy atom. The molecule has 0 saturated carbocycles. The van der Waals surface area contributed by atoms with Crippen molar-refractivity contribution < 1.29 is 9.59 Å². The number of amides is 3. The number of urea groups is 1. The standard InChI is InChI=1S/C17H32N4O2/c1-13(2)11-19-17(23)20-7-3-5-14(12-20)9-16(22)21-8-4-6-15(21)10-18/h13-15H,3-12,18H2,1-2H3,(H,19,23). The molecule has 2 saturated heterocycles. The van der Waals surface area contributed by atoms with Crippen LogP contribution in [0.2, 0.25) is 0 Å². The Kier molecular flexibility index (Phi) is 6.69. The lowest BCUT2D eigenvalue weighted by atomic mass is 9.94. The van der Waals surface area contributed by atoms with E-state index < -0.39 is 0 Å². The molecule has 0 aromatic carbocycles. The average Bonchev–Trinajstić information content (AvgIpc) is 3.01. The molecule has 2 heterocycles. The van der Waals surface area contributed by atoms with E-state index in [-0.39, 0.29) is 23.9 Å². The molecule has 0 aromatic rings. The van der Waals surface area contributed by atoms with Gasteiger partial charge >= 0.3 is 6.03 Å². The summed E-state index contributed by atoms with van der Waals surface area (Å²) >= 11 is 0. The van der Waals surface area contributed by atoms with Gasteiger partial charge in [0.15, 0.2) is 0 Å². The van der Waals surface area contributed by atoms with Crippen molar-refractivity contribution in [3.05, 3.63) is 0 Å². The van der Waals surface area contributed by atoms with Crippen molar-refractivity contribution in [3.8, 4) is 0 Å². The SMILES string of the molecule is CC(C)CNC(=O)N1CCCC(CC(=O)N2CCCC2CN)C1. The summed E-state index contributed by atoms with van der Waals surface area (Å²) in [4.78, 5) is 28.5. The van der Waals surface area contributed by atoms with Crippen LogP contribution < -0.4 is 11.1 Å². The van der Waals surface area contributed by atoms with Crippen LogP contribution in [0.15, 0.2) is 0 Å². The van der Waals surface area contributed by atoms with Crippen molar-refractivity contribution in [2.24, 2.45) is 17.6 Å². The number of hydrogen-bond donors (Lipinski definition) is 2. The normalized spacial score (nSPS) is 25.0. The molecule has 0 radical (unpaired) electrons. The predicted octanol–water partition coefficient (Wildman–Crippen LogP) is 1.40. The van der Waals surface area contributed by atoms with Crippen LogP contribution in [-0.2, 0) is 4.79 Å². The first-order valence-corrected chi connectivity index (χ1v) is 9.03. The smallest absolute Gasteiger partial charge is 0.317 e. The highest BCUT2D eigenvalue weighted by Gasteiger charge is 2.31. The fourth-order valence-corrected chi connectivity index (χ4v) is 3.59. The van der Waals surface area contributed by atoms with E-state index in [4.69, 9.17) is 5.73 Å². The van der Waals surface area contributed by atoms with E-state index in [1.165, 1.54) is 0 Å². The minimum absolute atomic E-state index is 0.0110. The molecule has 23 heavy (non-hydrogen) atoms. The van der Waals surface area contributed by atoms with Crippen molar-refractivity contribution in [2.75, 3.05) is 32.7 Å². The van der Waals surface area contributed by atoms with Crippen LogP contribution in [0.25, 0.3) is 0 Å². The van der Waals surface area contributed by atoms with Crippen LogP contribution in [-0.4, -0.2) is 60.5 Å². The highest BCUT2D eigenvalue weighted by molar-refractivity contribution is 5.77. The largest absolute Gasteiger partial charge is 0.338 e. The third-order valence-corrected chi connectivity index (χ3v) is 4.90. The molecular formula is C17H32N4O2. The first kappa shape index (κ1) is 18.0. The molecule has 3 amide bonds. The lowest BCUT2D eigenvalue weighted by Gasteiger charge is -2.34. The van der Waals surface area contributed by atoms with Gasteiger partial charge in [-0.3, -0.25) is 4.79 Å². The van der Waals surface area contributed by atoms with Crippen molar-refractivity contribution >= 4 is 11.9 Å². The molecule has 3 N–H and O–H groups in total. The summed E-state index contributed by atoms with van der Waals surface area (Å²) < 4.78 is 0. The quantitative estimate of drug-likeness (QED) is 0.802. The second-order valence-corrected chi connectivity index (χ2v) is 7.36. The van der Waals surface area contributed by atoms with Crippen molar-refractivity contribution in [1.82, 2.24) is 15.1 Å². The third-order valence-electron chi connectivity index (χ3n) is 4.90. The summed E-state index contributed by atoms with van der Waals surface area (Å²) in [5.74, 6) is 0.942. The molecule has 2 rings (SSSR count). The van der Waals surface area contributed by atoms with Crippen LogP contribution in [0.3, 0.4) is 0 Å². The molecular weight excluding hydrogens is 292 g/mol. The van der Waals surface area contributed by atoms with E-state index in [1.807, 2.05) is 9.80 Å². The van der Waals surface area contributed by atoms with Crippen molar-refractivity contribution in [2.45, 2.75) is 52.0 Å². The van der Waals surface area contributed by atoms with E-state index in [0.29, 0.717) is 32.0 Å². The molecule has 0 bridgehead atoms. The summed E-state index contributed by atoms with van der Waals surface area (Å²) in [6.45, 7) is 7.75. The van der Waals surface area contributed by atoms with Crippen LogP contribution in [0.4, 0.5) is 4.79 Å². The molecule has 2 aliphatic heterocycles. The summed E-state index contributed by atoms with van der Waals surface area (Å²) in [7, 11) is 0. The second-order valence-electron chi connectivity index (χ2n) is 7.36. The van der Waals surface area contributed by atoms with Gasteiger partial charge in [0.25, 0.3) is 0 Å². The Bertz CT molecular complexity index is 413. The summed E-state index contributed by atoms with van der Waals surface area (Å²) in [5.41, 5.74) is 5.76.